The van der Waals surface area contributed by atoms with Crippen molar-refractivity contribution in [1.29, 1.82) is 0 Å². The number of hydrogen-bond donors (Lipinski definition) is 2. The lowest BCUT2D eigenvalue weighted by molar-refractivity contribution is -0.920. The Morgan fingerprint density at radius 2 is 2.00 bits per heavy atom. The van der Waals surface area contributed by atoms with Gasteiger partial charge in [-0.25, -0.2) is 0 Å². The Morgan fingerprint density at radius 1 is 1.12 bits per heavy atom. The van der Waals surface area contributed by atoms with Crippen LogP contribution in [0.5, 0.6) is 0 Å². The minimum Gasteiger partial charge on any atom is -0.463 e. The van der Waals surface area contributed by atoms with Gasteiger partial charge in [-0.2, -0.15) is 0 Å². The monoisotopic (exact) mass is 369 g/mol. The molecule has 2 heterocycles. The number of quaternary nitrogens is 1. The van der Waals surface area contributed by atoms with Crippen LogP contribution in [0, 0.1) is 0 Å². The molecule has 1 atom stereocenters. The second-order valence-electron chi connectivity index (χ2n) is 6.12. The molecule has 3 aromatic rings. The fraction of sp³-hybridized carbons (Fsp3) is 0.200. The third kappa shape index (κ3) is 5.15. The van der Waals surface area contributed by atoms with Crippen molar-refractivity contribution in [3.8, 4) is 0 Å². The van der Waals surface area contributed by atoms with E-state index in [4.69, 9.17) is 4.42 Å². The third-order valence-corrected chi connectivity index (χ3v) is 4.85. The molecule has 1 amide bonds. The molecular weight excluding hydrogens is 348 g/mol. The van der Waals surface area contributed by atoms with E-state index in [-0.39, 0.29) is 11.7 Å². The van der Waals surface area contributed by atoms with Crippen LogP contribution in [-0.2, 0) is 17.9 Å². The van der Waals surface area contributed by atoms with Crippen LogP contribution in [0.2, 0.25) is 0 Å². The van der Waals surface area contributed by atoms with Gasteiger partial charge in [-0.05, 0) is 42.6 Å². The van der Waals surface area contributed by atoms with Crippen LogP contribution < -0.4 is 10.2 Å². The van der Waals surface area contributed by atoms with Gasteiger partial charge < -0.3 is 14.6 Å². The second-order valence-corrected chi connectivity index (χ2v) is 7.16. The average molecular weight is 369 g/mol. The van der Waals surface area contributed by atoms with Crippen molar-refractivity contribution >= 4 is 28.7 Å². The number of carbonyl (C=O) groups excluding carboxylic acids is 2. The molecular formula is C20H21N2O3S+. The Bertz CT molecular complexity index is 821. The maximum atomic E-state index is 12.5. The molecule has 0 aliphatic heterocycles. The molecule has 0 bridgehead atoms. The highest BCUT2D eigenvalue weighted by atomic mass is 32.1. The van der Waals surface area contributed by atoms with E-state index in [2.05, 4.69) is 11.4 Å². The summed E-state index contributed by atoms with van der Waals surface area (Å²) < 4.78 is 5.44. The molecule has 0 saturated heterocycles. The van der Waals surface area contributed by atoms with Gasteiger partial charge in [0, 0.05) is 11.3 Å². The number of amides is 1. The van der Waals surface area contributed by atoms with Crippen LogP contribution in [0.15, 0.2) is 64.6 Å². The van der Waals surface area contributed by atoms with Crippen molar-refractivity contribution in [1.82, 2.24) is 0 Å². The largest absolute Gasteiger partial charge is 0.463 e. The Balaban J connectivity index is 1.66. The molecule has 0 fully saturated rings. The first-order valence-corrected chi connectivity index (χ1v) is 9.27. The molecule has 1 unspecified atom stereocenters. The topological polar surface area (TPSA) is 63.8 Å². The Morgan fingerprint density at radius 3 is 2.69 bits per heavy atom. The first kappa shape index (κ1) is 18.1. The number of ketones is 1. The molecule has 2 aromatic heterocycles. The predicted octanol–water partition coefficient (Wildman–Crippen LogP) is 2.77. The summed E-state index contributed by atoms with van der Waals surface area (Å²) in [6, 6.07) is 14.9. The highest BCUT2D eigenvalue weighted by molar-refractivity contribution is 7.09. The van der Waals surface area contributed by atoms with E-state index < -0.39 is 0 Å². The third-order valence-electron chi connectivity index (χ3n) is 3.97. The minimum absolute atomic E-state index is 0.0242. The molecule has 0 spiro atoms. The van der Waals surface area contributed by atoms with E-state index in [1.54, 1.807) is 41.9 Å². The highest BCUT2D eigenvalue weighted by Gasteiger charge is 2.18. The van der Waals surface area contributed by atoms with Crippen LogP contribution in [0.4, 0.5) is 5.69 Å². The van der Waals surface area contributed by atoms with Gasteiger partial charge in [0.25, 0.3) is 5.91 Å². The molecule has 5 nitrogen and oxygen atoms in total. The van der Waals surface area contributed by atoms with Crippen molar-refractivity contribution in [3.63, 3.8) is 0 Å². The summed E-state index contributed by atoms with van der Waals surface area (Å²) in [4.78, 5) is 26.3. The van der Waals surface area contributed by atoms with E-state index in [0.29, 0.717) is 24.3 Å². The summed E-state index contributed by atoms with van der Waals surface area (Å²) in [5, 5.41) is 4.92. The van der Waals surface area contributed by atoms with Gasteiger partial charge in [0.2, 0.25) is 0 Å². The number of benzene rings is 1. The number of carbonyl (C=O) groups is 2. The Kier molecular flexibility index (Phi) is 5.99. The van der Waals surface area contributed by atoms with E-state index in [1.165, 1.54) is 11.8 Å². The molecule has 1 aromatic carbocycles. The zero-order valence-electron chi connectivity index (χ0n) is 14.5. The van der Waals surface area contributed by atoms with E-state index >= 15 is 0 Å². The molecule has 0 aliphatic rings. The van der Waals surface area contributed by atoms with E-state index in [1.807, 2.05) is 23.6 Å². The van der Waals surface area contributed by atoms with E-state index in [0.717, 1.165) is 17.2 Å². The molecule has 2 N–H and O–H groups in total. The van der Waals surface area contributed by atoms with Crippen LogP contribution in [0.1, 0.15) is 27.9 Å². The summed E-state index contributed by atoms with van der Waals surface area (Å²) in [6.07, 6.45) is 1.64. The van der Waals surface area contributed by atoms with Crippen molar-refractivity contribution in [2.24, 2.45) is 0 Å². The average Bonchev–Trinajstić information content (AvgIpc) is 3.29. The highest BCUT2D eigenvalue weighted by Crippen LogP contribution is 2.11. The Hall–Kier alpha value is -2.70. The number of anilines is 1. The normalized spacial score (nSPS) is 11.9. The minimum atomic E-state index is -0.0937. The van der Waals surface area contributed by atoms with Crippen molar-refractivity contribution in [2.45, 2.75) is 20.0 Å². The van der Waals surface area contributed by atoms with Gasteiger partial charge in [0.15, 0.2) is 18.1 Å². The zero-order valence-corrected chi connectivity index (χ0v) is 15.3. The lowest BCUT2D eigenvalue weighted by Gasteiger charge is -2.17. The van der Waals surface area contributed by atoms with Crippen LogP contribution >= 0.6 is 11.3 Å². The predicted molar refractivity (Wildman–Crippen MR) is 101 cm³/mol. The number of hydrogen-bond acceptors (Lipinski definition) is 4. The number of Topliss-reactive ketones (excluding diaryl/α,β-unsaturated/α-hetero) is 1. The fourth-order valence-electron chi connectivity index (χ4n) is 2.75. The molecule has 0 radical (unpaired) electrons. The van der Waals surface area contributed by atoms with Gasteiger partial charge in [0.1, 0.15) is 13.1 Å². The molecule has 6 heteroatoms. The van der Waals surface area contributed by atoms with Gasteiger partial charge in [-0.1, -0.05) is 18.2 Å². The van der Waals surface area contributed by atoms with Gasteiger partial charge in [-0.3, -0.25) is 9.59 Å². The van der Waals surface area contributed by atoms with Gasteiger partial charge >= 0.3 is 0 Å². The first-order valence-electron chi connectivity index (χ1n) is 8.39. The number of rotatable bonds is 8. The molecule has 0 aliphatic carbocycles. The van der Waals surface area contributed by atoms with E-state index in [9.17, 15) is 9.59 Å². The van der Waals surface area contributed by atoms with Gasteiger partial charge in [0.05, 0.1) is 11.1 Å². The first-order chi connectivity index (χ1) is 12.6. The fourth-order valence-corrected chi connectivity index (χ4v) is 3.53. The van der Waals surface area contributed by atoms with Crippen LogP contribution in [0.25, 0.3) is 0 Å². The van der Waals surface area contributed by atoms with Gasteiger partial charge in [-0.15, -0.1) is 11.3 Å². The number of furan rings is 1. The summed E-state index contributed by atoms with van der Waals surface area (Å²) in [5.74, 6) is 0.732. The van der Waals surface area contributed by atoms with Crippen molar-refractivity contribution < 1.29 is 18.9 Å². The lowest BCUT2D eigenvalue weighted by Crippen LogP contribution is -3.10. The summed E-state index contributed by atoms with van der Waals surface area (Å²) in [6.45, 7) is 3.20. The van der Waals surface area contributed by atoms with Crippen LogP contribution in [-0.4, -0.2) is 18.2 Å². The van der Waals surface area contributed by atoms with Crippen LogP contribution in [0.3, 0.4) is 0 Å². The van der Waals surface area contributed by atoms with Crippen molar-refractivity contribution in [3.05, 3.63) is 76.4 Å². The number of thiophene rings is 1. The smallest absolute Gasteiger partial charge is 0.279 e. The Labute approximate surface area is 156 Å². The maximum Gasteiger partial charge on any atom is 0.279 e. The van der Waals surface area contributed by atoms with Crippen molar-refractivity contribution in [2.75, 3.05) is 11.9 Å². The summed E-state index contributed by atoms with van der Waals surface area (Å²) in [5.41, 5.74) is 1.22. The standard InChI is InChI=1S/C20H20N2O3S/c1-15(23)16-5-2-6-17(11-16)21-20(24)14-22(12-18-7-3-9-25-18)13-19-8-4-10-26-19/h2-11H,12-14H2,1H3,(H,21,24)/p+1. The molecule has 134 valence electrons. The lowest BCUT2D eigenvalue weighted by atomic mass is 10.1. The quantitative estimate of drug-likeness (QED) is 0.600. The molecule has 0 saturated carbocycles. The number of nitrogens with one attached hydrogen (secondary N) is 2. The summed E-state index contributed by atoms with van der Waals surface area (Å²) in [7, 11) is 0. The molecule has 26 heavy (non-hydrogen) atoms. The summed E-state index contributed by atoms with van der Waals surface area (Å²) >= 11 is 1.68. The maximum absolute atomic E-state index is 12.5. The second kappa shape index (κ2) is 8.60. The molecule has 3 rings (SSSR count). The SMILES string of the molecule is CC(=O)c1cccc(NC(=O)C[NH+](Cc2ccco2)Cc2cccs2)c1. The zero-order chi connectivity index (χ0) is 18.4.